The van der Waals surface area contributed by atoms with Crippen molar-refractivity contribution in [2.45, 2.75) is 31.1 Å². The van der Waals surface area contributed by atoms with Crippen molar-refractivity contribution in [2.75, 3.05) is 26.2 Å². The maximum Gasteiger partial charge on any atom is 0.262 e. The minimum atomic E-state index is -3.58. The molecule has 6 heteroatoms. The molecule has 0 aromatic heterocycles. The fourth-order valence-electron chi connectivity index (χ4n) is 2.31. The standard InChI is InChI=1S/C14H22N2O3S/c1-13-6-5-7-14(12-13)20(17,18)15-19-11-10-16-8-3-2-4-9-16/h5-7,12,15H,2-4,8-11H2,1H3. The summed E-state index contributed by atoms with van der Waals surface area (Å²) in [6.45, 7) is 5.14. The van der Waals surface area contributed by atoms with Crippen molar-refractivity contribution in [1.82, 2.24) is 9.79 Å². The number of hydrogen-bond donors (Lipinski definition) is 1. The number of nitrogens with zero attached hydrogens (tertiary/aromatic N) is 1. The van der Waals surface area contributed by atoms with Crippen LogP contribution in [0.5, 0.6) is 0 Å². The van der Waals surface area contributed by atoms with Gasteiger partial charge in [-0.05, 0) is 50.6 Å². The number of hydrogen-bond acceptors (Lipinski definition) is 4. The monoisotopic (exact) mass is 298 g/mol. The van der Waals surface area contributed by atoms with E-state index in [0.29, 0.717) is 6.61 Å². The summed E-state index contributed by atoms with van der Waals surface area (Å²) in [6, 6.07) is 6.76. The van der Waals surface area contributed by atoms with E-state index in [0.717, 1.165) is 25.2 Å². The molecule has 0 aliphatic carbocycles. The van der Waals surface area contributed by atoms with Gasteiger partial charge < -0.3 is 4.90 Å². The van der Waals surface area contributed by atoms with E-state index in [-0.39, 0.29) is 4.90 Å². The molecule has 0 radical (unpaired) electrons. The van der Waals surface area contributed by atoms with Gasteiger partial charge in [0.25, 0.3) is 10.0 Å². The van der Waals surface area contributed by atoms with Crippen LogP contribution in [0.3, 0.4) is 0 Å². The van der Waals surface area contributed by atoms with Gasteiger partial charge in [-0.1, -0.05) is 23.4 Å². The van der Waals surface area contributed by atoms with Crippen LogP contribution in [0.1, 0.15) is 24.8 Å². The van der Waals surface area contributed by atoms with E-state index >= 15 is 0 Å². The maximum absolute atomic E-state index is 12.0. The molecular formula is C14H22N2O3S. The Balaban J connectivity index is 1.78. The molecule has 112 valence electrons. The van der Waals surface area contributed by atoms with Crippen LogP contribution in [0.2, 0.25) is 0 Å². The zero-order valence-corrected chi connectivity index (χ0v) is 12.7. The Morgan fingerprint density at radius 3 is 2.70 bits per heavy atom. The third-order valence-corrected chi connectivity index (χ3v) is 4.64. The van der Waals surface area contributed by atoms with Crippen molar-refractivity contribution in [1.29, 1.82) is 0 Å². The summed E-state index contributed by atoms with van der Waals surface area (Å²) in [4.78, 5) is 9.83. The molecule has 1 aliphatic rings. The van der Waals surface area contributed by atoms with E-state index in [1.807, 2.05) is 13.0 Å². The SMILES string of the molecule is Cc1cccc(S(=O)(=O)NOCCN2CCCCC2)c1. The van der Waals surface area contributed by atoms with Gasteiger partial charge in [-0.15, -0.1) is 0 Å². The van der Waals surface area contributed by atoms with Crippen LogP contribution in [0.25, 0.3) is 0 Å². The predicted octanol–water partition coefficient (Wildman–Crippen LogP) is 1.69. The van der Waals surface area contributed by atoms with Crippen LogP contribution in [0, 0.1) is 6.92 Å². The summed E-state index contributed by atoms with van der Waals surface area (Å²) in [5, 5.41) is 0. The number of benzene rings is 1. The lowest BCUT2D eigenvalue weighted by molar-refractivity contribution is 0.0656. The summed E-state index contributed by atoms with van der Waals surface area (Å²) in [6.07, 6.45) is 3.72. The van der Waals surface area contributed by atoms with Crippen LogP contribution < -0.4 is 4.89 Å². The summed E-state index contributed by atoms with van der Waals surface area (Å²) in [5.41, 5.74) is 0.904. The predicted molar refractivity (Wildman–Crippen MR) is 77.7 cm³/mol. The largest absolute Gasteiger partial charge is 0.301 e. The van der Waals surface area contributed by atoms with E-state index in [4.69, 9.17) is 4.84 Å². The summed E-state index contributed by atoms with van der Waals surface area (Å²) >= 11 is 0. The number of aryl methyl sites for hydroxylation is 1. The van der Waals surface area contributed by atoms with E-state index in [1.54, 1.807) is 18.2 Å². The molecule has 1 aliphatic heterocycles. The summed E-state index contributed by atoms with van der Waals surface area (Å²) in [5.74, 6) is 0. The van der Waals surface area contributed by atoms with Crippen LogP contribution in [0.15, 0.2) is 29.2 Å². The van der Waals surface area contributed by atoms with Gasteiger partial charge in [-0.2, -0.15) is 0 Å². The molecule has 1 N–H and O–H groups in total. The van der Waals surface area contributed by atoms with Gasteiger partial charge >= 0.3 is 0 Å². The van der Waals surface area contributed by atoms with Crippen molar-refractivity contribution in [3.05, 3.63) is 29.8 Å². The van der Waals surface area contributed by atoms with Crippen molar-refractivity contribution in [3.63, 3.8) is 0 Å². The van der Waals surface area contributed by atoms with Crippen LogP contribution >= 0.6 is 0 Å². The third-order valence-electron chi connectivity index (χ3n) is 3.43. The quantitative estimate of drug-likeness (QED) is 0.641. The van der Waals surface area contributed by atoms with E-state index in [1.165, 1.54) is 19.3 Å². The van der Waals surface area contributed by atoms with Crippen LogP contribution in [0.4, 0.5) is 0 Å². The highest BCUT2D eigenvalue weighted by Gasteiger charge is 2.14. The number of rotatable bonds is 6. The second-order valence-corrected chi connectivity index (χ2v) is 6.80. The number of nitrogens with one attached hydrogen (secondary N) is 1. The third kappa shape index (κ3) is 4.56. The fourth-order valence-corrected chi connectivity index (χ4v) is 3.24. The van der Waals surface area contributed by atoms with Gasteiger partial charge in [0, 0.05) is 6.54 Å². The lowest BCUT2D eigenvalue weighted by atomic mass is 10.1. The highest BCUT2D eigenvalue weighted by Crippen LogP contribution is 2.11. The first-order valence-corrected chi connectivity index (χ1v) is 8.49. The highest BCUT2D eigenvalue weighted by molar-refractivity contribution is 7.89. The first-order valence-electron chi connectivity index (χ1n) is 7.00. The Morgan fingerprint density at radius 2 is 2.00 bits per heavy atom. The maximum atomic E-state index is 12.0. The smallest absolute Gasteiger partial charge is 0.262 e. The van der Waals surface area contributed by atoms with E-state index in [2.05, 4.69) is 9.79 Å². The number of likely N-dealkylation sites (tertiary alicyclic amines) is 1. The zero-order chi connectivity index (χ0) is 14.4. The van der Waals surface area contributed by atoms with Crippen molar-refractivity contribution in [2.24, 2.45) is 0 Å². The van der Waals surface area contributed by atoms with Crippen molar-refractivity contribution in [3.8, 4) is 0 Å². The molecule has 0 spiro atoms. The Hall–Kier alpha value is -0.950. The van der Waals surface area contributed by atoms with Gasteiger partial charge in [0.1, 0.15) is 0 Å². The molecule has 0 saturated carbocycles. The van der Waals surface area contributed by atoms with Gasteiger partial charge in [-0.25, -0.2) is 8.42 Å². The Morgan fingerprint density at radius 1 is 1.25 bits per heavy atom. The van der Waals surface area contributed by atoms with Crippen molar-refractivity contribution < 1.29 is 13.3 Å². The van der Waals surface area contributed by atoms with Gasteiger partial charge in [0.15, 0.2) is 0 Å². The zero-order valence-electron chi connectivity index (χ0n) is 11.8. The Labute approximate surface area is 120 Å². The van der Waals surface area contributed by atoms with Gasteiger partial charge in [-0.3, -0.25) is 4.84 Å². The normalized spacial score (nSPS) is 17.2. The Kier molecular flexibility index (Phi) is 5.54. The molecular weight excluding hydrogens is 276 g/mol. The molecule has 5 nitrogen and oxygen atoms in total. The fraction of sp³-hybridized carbons (Fsp3) is 0.571. The Bertz CT molecular complexity index is 525. The second-order valence-electron chi connectivity index (χ2n) is 5.15. The molecule has 2 rings (SSSR count). The first kappa shape index (κ1) is 15.4. The summed E-state index contributed by atoms with van der Waals surface area (Å²) < 4.78 is 24.0. The molecule has 1 saturated heterocycles. The lowest BCUT2D eigenvalue weighted by Crippen LogP contribution is -2.35. The molecule has 0 bridgehead atoms. The van der Waals surface area contributed by atoms with E-state index in [9.17, 15) is 8.42 Å². The number of sulfonamides is 1. The van der Waals surface area contributed by atoms with Crippen LogP contribution in [-0.2, 0) is 14.9 Å². The minimum Gasteiger partial charge on any atom is -0.301 e. The minimum absolute atomic E-state index is 0.232. The molecule has 1 aromatic rings. The van der Waals surface area contributed by atoms with Gasteiger partial charge in [0.2, 0.25) is 0 Å². The average molecular weight is 298 g/mol. The van der Waals surface area contributed by atoms with Crippen LogP contribution in [-0.4, -0.2) is 39.6 Å². The first-order chi connectivity index (χ1) is 9.58. The average Bonchev–Trinajstić information content (AvgIpc) is 2.45. The van der Waals surface area contributed by atoms with Gasteiger partial charge in [0.05, 0.1) is 11.5 Å². The topological polar surface area (TPSA) is 58.6 Å². The molecule has 1 heterocycles. The lowest BCUT2D eigenvalue weighted by Gasteiger charge is -2.25. The molecule has 0 amide bonds. The second kappa shape index (κ2) is 7.17. The molecule has 1 fully saturated rings. The molecule has 0 unspecified atom stereocenters. The van der Waals surface area contributed by atoms with E-state index < -0.39 is 10.0 Å². The molecule has 1 aromatic carbocycles. The number of piperidine rings is 1. The summed E-state index contributed by atoms with van der Waals surface area (Å²) in [7, 11) is -3.58. The molecule has 20 heavy (non-hydrogen) atoms. The highest BCUT2D eigenvalue weighted by atomic mass is 32.2. The molecule has 0 atom stereocenters. The van der Waals surface area contributed by atoms with Crippen molar-refractivity contribution >= 4 is 10.0 Å².